The van der Waals surface area contributed by atoms with Gasteiger partial charge in [-0.05, 0) is 29.8 Å². The lowest BCUT2D eigenvalue weighted by Gasteiger charge is -2.10. The number of benzene rings is 2. The summed E-state index contributed by atoms with van der Waals surface area (Å²) in [7, 11) is 0. The van der Waals surface area contributed by atoms with Gasteiger partial charge in [0, 0.05) is 17.9 Å². The van der Waals surface area contributed by atoms with Gasteiger partial charge in [-0.2, -0.15) is 5.26 Å². The number of hydrogen-bond acceptors (Lipinski definition) is 4. The molecule has 0 aromatic heterocycles. The Morgan fingerprint density at radius 3 is 2.92 bits per heavy atom. The number of carbonyl (C=O) groups excluding carboxylic acids is 2. The minimum atomic E-state index is -0.285. The Kier molecular flexibility index (Phi) is 4.36. The molecule has 0 aliphatic carbocycles. The summed E-state index contributed by atoms with van der Waals surface area (Å²) in [6.45, 7) is 0.501. The minimum Gasteiger partial charge on any atom is -0.375 e. The monoisotopic (exact) mass is 340 g/mol. The summed E-state index contributed by atoms with van der Waals surface area (Å²) in [5, 5.41) is 17.5. The molecule has 7 heteroatoms. The van der Waals surface area contributed by atoms with Gasteiger partial charge in [-0.3, -0.25) is 9.59 Å². The molecule has 0 saturated heterocycles. The molecule has 2 aromatic rings. The van der Waals surface area contributed by atoms with Crippen molar-refractivity contribution < 1.29 is 9.59 Å². The number of fused-ring (bicyclic) bond motifs is 1. The first-order chi connectivity index (χ1) is 11.6. The number of hydrogen-bond donors (Lipinski definition) is 3. The fourth-order valence-electron chi connectivity index (χ4n) is 2.49. The smallest absolute Gasteiger partial charge is 0.253 e. The zero-order valence-corrected chi connectivity index (χ0v) is 13.3. The Bertz CT molecular complexity index is 873. The molecule has 2 aromatic carbocycles. The second-order valence-electron chi connectivity index (χ2n) is 5.23. The van der Waals surface area contributed by atoms with E-state index in [0.717, 1.165) is 5.56 Å². The van der Waals surface area contributed by atoms with E-state index in [2.05, 4.69) is 16.0 Å². The molecule has 1 heterocycles. The summed E-state index contributed by atoms with van der Waals surface area (Å²) in [4.78, 5) is 23.9. The Hall–Kier alpha value is -3.04. The number of rotatable bonds is 4. The lowest BCUT2D eigenvalue weighted by atomic mass is 10.1. The van der Waals surface area contributed by atoms with Gasteiger partial charge in [0.25, 0.3) is 5.91 Å². The fourth-order valence-corrected chi connectivity index (χ4v) is 2.71. The highest BCUT2D eigenvalue weighted by Gasteiger charge is 2.22. The molecule has 2 amide bonds. The van der Waals surface area contributed by atoms with Crippen LogP contribution in [0, 0.1) is 11.3 Å². The van der Waals surface area contributed by atoms with Crippen LogP contribution in [0.1, 0.15) is 21.5 Å². The number of amides is 2. The summed E-state index contributed by atoms with van der Waals surface area (Å²) in [6, 6.07) is 12.1. The molecular formula is C17H13ClN4O2. The zero-order chi connectivity index (χ0) is 17.1. The molecule has 1 aliphatic rings. The number of nitrogens with zero attached hydrogens (tertiary/aromatic N) is 1. The molecule has 24 heavy (non-hydrogen) atoms. The molecule has 0 spiro atoms. The largest absolute Gasteiger partial charge is 0.375 e. The average molecular weight is 341 g/mol. The zero-order valence-electron chi connectivity index (χ0n) is 12.5. The van der Waals surface area contributed by atoms with E-state index in [4.69, 9.17) is 16.9 Å². The fraction of sp³-hybridized carbons (Fsp3) is 0.118. The standard InChI is InChI=1S/C17H13ClN4O2/c18-13-6-12(5-4-10(13)7-19)22-15(23)9-20-14-3-1-2-11-8-21-17(24)16(11)14/h1-6,20H,8-9H2,(H,21,24)(H,22,23). The van der Waals surface area contributed by atoms with Crippen molar-refractivity contribution in [1.82, 2.24) is 5.32 Å². The summed E-state index contributed by atoms with van der Waals surface area (Å²) in [5.74, 6) is -0.431. The Labute approximate surface area is 143 Å². The maximum Gasteiger partial charge on any atom is 0.253 e. The quantitative estimate of drug-likeness (QED) is 0.797. The number of halogens is 1. The maximum atomic E-state index is 12.1. The summed E-state index contributed by atoms with van der Waals surface area (Å²) < 4.78 is 0. The minimum absolute atomic E-state index is 0.00134. The van der Waals surface area contributed by atoms with Gasteiger partial charge in [-0.25, -0.2) is 0 Å². The molecule has 0 saturated carbocycles. The van der Waals surface area contributed by atoms with Crippen LogP contribution in [0.25, 0.3) is 0 Å². The third-order valence-corrected chi connectivity index (χ3v) is 3.94. The van der Waals surface area contributed by atoms with Gasteiger partial charge in [0.05, 0.1) is 22.7 Å². The Balaban J connectivity index is 1.65. The van der Waals surface area contributed by atoms with Crippen molar-refractivity contribution in [1.29, 1.82) is 5.26 Å². The average Bonchev–Trinajstić information content (AvgIpc) is 2.95. The van der Waals surface area contributed by atoms with Crippen LogP contribution in [0.2, 0.25) is 5.02 Å². The van der Waals surface area contributed by atoms with Crippen molar-refractivity contribution in [3.8, 4) is 6.07 Å². The molecule has 0 unspecified atom stereocenters. The van der Waals surface area contributed by atoms with Gasteiger partial charge < -0.3 is 16.0 Å². The van der Waals surface area contributed by atoms with E-state index in [1.54, 1.807) is 18.2 Å². The van der Waals surface area contributed by atoms with Gasteiger partial charge in [-0.1, -0.05) is 23.7 Å². The number of nitrogens with one attached hydrogen (secondary N) is 3. The van der Waals surface area contributed by atoms with Gasteiger partial charge in [0.2, 0.25) is 5.91 Å². The number of carbonyl (C=O) groups is 2. The third-order valence-electron chi connectivity index (χ3n) is 3.63. The van der Waals surface area contributed by atoms with E-state index < -0.39 is 0 Å². The van der Waals surface area contributed by atoms with Crippen LogP contribution in [0.3, 0.4) is 0 Å². The second kappa shape index (κ2) is 6.60. The highest BCUT2D eigenvalue weighted by molar-refractivity contribution is 6.32. The van der Waals surface area contributed by atoms with Crippen molar-refractivity contribution in [2.75, 3.05) is 17.2 Å². The first-order valence-electron chi connectivity index (χ1n) is 7.22. The molecule has 6 nitrogen and oxygen atoms in total. The normalized spacial score (nSPS) is 12.1. The Morgan fingerprint density at radius 2 is 2.17 bits per heavy atom. The van der Waals surface area contributed by atoms with Crippen molar-refractivity contribution in [2.24, 2.45) is 0 Å². The van der Waals surface area contributed by atoms with Gasteiger partial charge in [0.15, 0.2) is 0 Å². The molecule has 0 fully saturated rings. The van der Waals surface area contributed by atoms with E-state index in [9.17, 15) is 9.59 Å². The topological polar surface area (TPSA) is 94.0 Å². The molecule has 0 atom stereocenters. The summed E-state index contributed by atoms with van der Waals surface area (Å²) in [6.07, 6.45) is 0. The summed E-state index contributed by atoms with van der Waals surface area (Å²) >= 11 is 5.93. The van der Waals surface area contributed by atoms with E-state index >= 15 is 0 Å². The van der Waals surface area contributed by atoms with E-state index in [1.807, 2.05) is 18.2 Å². The highest BCUT2D eigenvalue weighted by Crippen LogP contribution is 2.24. The van der Waals surface area contributed by atoms with Gasteiger partial charge >= 0.3 is 0 Å². The molecule has 3 rings (SSSR count). The predicted molar refractivity (Wildman–Crippen MR) is 90.9 cm³/mol. The van der Waals surface area contributed by atoms with Crippen molar-refractivity contribution in [3.05, 3.63) is 58.1 Å². The van der Waals surface area contributed by atoms with Crippen LogP contribution in [0.4, 0.5) is 11.4 Å². The van der Waals surface area contributed by atoms with Crippen LogP contribution in [0.15, 0.2) is 36.4 Å². The van der Waals surface area contributed by atoms with Crippen LogP contribution in [0.5, 0.6) is 0 Å². The van der Waals surface area contributed by atoms with Gasteiger partial charge in [0.1, 0.15) is 6.07 Å². The van der Waals surface area contributed by atoms with Crippen LogP contribution in [-0.4, -0.2) is 18.4 Å². The lowest BCUT2D eigenvalue weighted by Crippen LogP contribution is -2.23. The number of nitriles is 1. The van der Waals surface area contributed by atoms with Gasteiger partial charge in [-0.15, -0.1) is 0 Å². The SMILES string of the molecule is N#Cc1ccc(NC(=O)CNc2cccc3c2C(=O)NC3)cc1Cl. The summed E-state index contributed by atoms with van der Waals surface area (Å²) in [5.41, 5.74) is 2.95. The first-order valence-corrected chi connectivity index (χ1v) is 7.60. The number of anilines is 2. The predicted octanol–water partition coefficient (Wildman–Crippen LogP) is 2.51. The van der Waals surface area contributed by atoms with Crippen molar-refractivity contribution in [2.45, 2.75) is 6.54 Å². The van der Waals surface area contributed by atoms with Crippen LogP contribution >= 0.6 is 11.6 Å². The van der Waals surface area contributed by atoms with E-state index in [0.29, 0.717) is 29.0 Å². The maximum absolute atomic E-state index is 12.1. The van der Waals surface area contributed by atoms with Crippen LogP contribution < -0.4 is 16.0 Å². The highest BCUT2D eigenvalue weighted by atomic mass is 35.5. The molecular weight excluding hydrogens is 328 g/mol. The van der Waals surface area contributed by atoms with E-state index in [1.165, 1.54) is 6.07 Å². The van der Waals surface area contributed by atoms with E-state index in [-0.39, 0.29) is 23.4 Å². The molecule has 3 N–H and O–H groups in total. The third kappa shape index (κ3) is 3.16. The molecule has 0 radical (unpaired) electrons. The molecule has 0 bridgehead atoms. The lowest BCUT2D eigenvalue weighted by molar-refractivity contribution is -0.114. The Morgan fingerprint density at radius 1 is 1.33 bits per heavy atom. The molecule has 120 valence electrons. The van der Waals surface area contributed by atoms with Crippen molar-refractivity contribution >= 4 is 34.8 Å². The second-order valence-corrected chi connectivity index (χ2v) is 5.64. The van der Waals surface area contributed by atoms with Crippen LogP contribution in [-0.2, 0) is 11.3 Å². The molecule has 1 aliphatic heterocycles. The first kappa shape index (κ1) is 15.8. The van der Waals surface area contributed by atoms with Crippen molar-refractivity contribution in [3.63, 3.8) is 0 Å².